The summed E-state index contributed by atoms with van der Waals surface area (Å²) < 4.78 is 6.08. The van der Waals surface area contributed by atoms with Gasteiger partial charge in [-0.05, 0) is 53.5 Å². The highest BCUT2D eigenvalue weighted by Crippen LogP contribution is 2.51. The van der Waals surface area contributed by atoms with E-state index >= 15 is 0 Å². The Morgan fingerprint density at radius 1 is 0.824 bits per heavy atom. The van der Waals surface area contributed by atoms with E-state index in [1.807, 2.05) is 42.5 Å². The number of ketones is 2. The van der Waals surface area contributed by atoms with Gasteiger partial charge in [0.15, 0.2) is 11.6 Å². The lowest BCUT2D eigenvalue weighted by atomic mass is 9.64. The molecule has 0 unspecified atom stereocenters. The summed E-state index contributed by atoms with van der Waals surface area (Å²) in [5.41, 5.74) is 3.96. The molecule has 2 aromatic carbocycles. The van der Waals surface area contributed by atoms with Crippen molar-refractivity contribution in [3.05, 3.63) is 81.7 Å². The molecule has 1 aliphatic heterocycles. The second-order valence-electron chi connectivity index (χ2n) is 11.3. The number of halogens is 1. The second kappa shape index (κ2) is 8.13. The van der Waals surface area contributed by atoms with Crippen molar-refractivity contribution in [2.75, 3.05) is 0 Å². The molecule has 0 aromatic heterocycles. The average molecular weight is 476 g/mol. The van der Waals surface area contributed by atoms with Crippen LogP contribution in [0.25, 0.3) is 0 Å². The molecule has 0 saturated carbocycles. The number of carbonyl (C=O) groups excluding carboxylic acids is 2. The van der Waals surface area contributed by atoms with Gasteiger partial charge in [-0.3, -0.25) is 9.59 Å². The van der Waals surface area contributed by atoms with E-state index in [0.29, 0.717) is 29.4 Å². The van der Waals surface area contributed by atoms with Crippen LogP contribution in [0.5, 0.6) is 11.5 Å². The lowest BCUT2D eigenvalue weighted by Crippen LogP contribution is -2.42. The number of para-hydroxylation sites is 1. The number of Topliss-reactive ketones (excluding diaryl/α,β-unsaturated/α-hetero) is 2. The molecule has 0 bridgehead atoms. The third-order valence-electron chi connectivity index (χ3n) is 6.98. The van der Waals surface area contributed by atoms with Crippen LogP contribution in [-0.4, -0.2) is 11.6 Å². The maximum Gasteiger partial charge on any atom is 0.162 e. The van der Waals surface area contributed by atoms with Gasteiger partial charge in [-0.25, -0.2) is 0 Å². The van der Waals surface area contributed by atoms with Crippen LogP contribution in [0.15, 0.2) is 71.1 Å². The topological polar surface area (TPSA) is 55.4 Å². The minimum atomic E-state index is -0.408. The fourth-order valence-electron chi connectivity index (χ4n) is 5.62. The van der Waals surface area contributed by atoms with Gasteiger partial charge in [0.1, 0.15) is 11.5 Å². The van der Waals surface area contributed by atoms with Crippen LogP contribution >= 0.6 is 11.6 Å². The van der Waals surface area contributed by atoms with Gasteiger partial charge in [0.25, 0.3) is 0 Å². The van der Waals surface area contributed by atoms with Crippen LogP contribution in [0, 0.1) is 10.8 Å². The van der Waals surface area contributed by atoms with Crippen molar-refractivity contribution >= 4 is 23.2 Å². The van der Waals surface area contributed by atoms with E-state index < -0.39 is 5.92 Å². The minimum absolute atomic E-state index is 0.105. The van der Waals surface area contributed by atoms with E-state index in [1.165, 1.54) is 0 Å². The van der Waals surface area contributed by atoms with Gasteiger partial charge in [-0.15, -0.1) is 0 Å². The number of ether oxygens (including phenoxy) is 1. The van der Waals surface area contributed by atoms with Gasteiger partial charge in [0.05, 0.1) is 5.02 Å². The third kappa shape index (κ3) is 4.20. The van der Waals surface area contributed by atoms with Crippen LogP contribution in [0.3, 0.4) is 0 Å². The lowest BCUT2D eigenvalue weighted by molar-refractivity contribution is -0.119. The summed E-state index contributed by atoms with van der Waals surface area (Å²) in [5, 5.41) is 4.04. The molecular formula is C29H30ClNO3. The Hall–Kier alpha value is -2.85. The molecule has 4 nitrogen and oxygen atoms in total. The number of benzene rings is 2. The van der Waals surface area contributed by atoms with Crippen LogP contribution in [0.4, 0.5) is 0 Å². The molecule has 0 saturated heterocycles. The average Bonchev–Trinajstić information content (AvgIpc) is 2.73. The van der Waals surface area contributed by atoms with Gasteiger partial charge in [0.2, 0.25) is 0 Å². The standard InChI is InChI=1S/C29H30ClNO3/c1-28(2)13-20-26(22(32)15-28)25(27-21(31-20)14-29(3,4)16-23(27)33)17-10-11-19(30)24(12-17)34-18-8-6-5-7-9-18/h5-12,25,31H,13-16H2,1-4H3. The summed E-state index contributed by atoms with van der Waals surface area (Å²) in [6, 6.07) is 15.1. The van der Waals surface area contributed by atoms with Gasteiger partial charge >= 0.3 is 0 Å². The van der Waals surface area contributed by atoms with E-state index in [-0.39, 0.29) is 22.4 Å². The summed E-state index contributed by atoms with van der Waals surface area (Å²) in [6.45, 7) is 8.50. The molecule has 1 N–H and O–H groups in total. The van der Waals surface area contributed by atoms with Gasteiger partial charge in [-0.1, -0.05) is 63.6 Å². The number of allylic oxidation sites excluding steroid dienone is 4. The number of dihydropyridines is 1. The Morgan fingerprint density at radius 2 is 1.38 bits per heavy atom. The highest BCUT2D eigenvalue weighted by atomic mass is 35.5. The highest BCUT2D eigenvalue weighted by Gasteiger charge is 2.46. The van der Waals surface area contributed by atoms with Crippen LogP contribution < -0.4 is 10.1 Å². The zero-order chi connectivity index (χ0) is 24.3. The Kier molecular flexibility index (Phi) is 5.48. The van der Waals surface area contributed by atoms with Gasteiger partial charge in [-0.2, -0.15) is 0 Å². The first-order chi connectivity index (χ1) is 16.0. The molecule has 2 aliphatic carbocycles. The lowest BCUT2D eigenvalue weighted by Gasteiger charge is -2.44. The van der Waals surface area contributed by atoms with Crippen molar-refractivity contribution in [3.8, 4) is 11.5 Å². The Bertz CT molecular complexity index is 1200. The molecule has 5 rings (SSSR count). The van der Waals surface area contributed by atoms with Crippen molar-refractivity contribution in [1.29, 1.82) is 0 Å². The normalized spacial score (nSPS) is 21.7. The monoisotopic (exact) mass is 475 g/mol. The van der Waals surface area contributed by atoms with E-state index in [9.17, 15) is 9.59 Å². The number of rotatable bonds is 3. The minimum Gasteiger partial charge on any atom is -0.456 e. The maximum atomic E-state index is 13.5. The van der Waals surface area contributed by atoms with E-state index in [0.717, 1.165) is 40.9 Å². The summed E-state index contributed by atoms with van der Waals surface area (Å²) >= 11 is 6.50. The molecule has 3 aliphatic rings. The zero-order valence-electron chi connectivity index (χ0n) is 20.1. The maximum absolute atomic E-state index is 13.5. The molecule has 2 aromatic rings. The molecule has 176 valence electrons. The van der Waals surface area contributed by atoms with Crippen molar-refractivity contribution < 1.29 is 14.3 Å². The Labute approximate surface area is 206 Å². The number of hydrogen-bond donors (Lipinski definition) is 1. The SMILES string of the molecule is CC1(C)CC(=O)C2=C(C1)NC1=C(C(=O)CC(C)(C)C1)C2c1ccc(Cl)c(Oc2ccccc2)c1. The largest absolute Gasteiger partial charge is 0.456 e. The van der Waals surface area contributed by atoms with Crippen molar-refractivity contribution in [1.82, 2.24) is 5.32 Å². The first-order valence-corrected chi connectivity index (χ1v) is 12.2. The van der Waals surface area contributed by atoms with Crippen LogP contribution in [0.1, 0.15) is 64.9 Å². The first kappa shape index (κ1) is 22.9. The second-order valence-corrected chi connectivity index (χ2v) is 11.7. The smallest absolute Gasteiger partial charge is 0.162 e. The molecule has 0 amide bonds. The van der Waals surface area contributed by atoms with Gasteiger partial charge in [0, 0.05) is 41.3 Å². The Balaban J connectivity index is 1.65. The van der Waals surface area contributed by atoms with Crippen molar-refractivity contribution in [3.63, 3.8) is 0 Å². The molecular weight excluding hydrogens is 446 g/mol. The predicted molar refractivity (Wildman–Crippen MR) is 134 cm³/mol. The molecule has 0 radical (unpaired) electrons. The van der Waals surface area contributed by atoms with E-state index in [1.54, 1.807) is 6.07 Å². The van der Waals surface area contributed by atoms with Crippen molar-refractivity contribution in [2.45, 2.75) is 59.3 Å². The van der Waals surface area contributed by atoms with Crippen LogP contribution in [0.2, 0.25) is 5.02 Å². The summed E-state index contributed by atoms with van der Waals surface area (Å²) in [4.78, 5) is 27.0. The molecule has 5 heteroatoms. The van der Waals surface area contributed by atoms with Crippen LogP contribution in [-0.2, 0) is 9.59 Å². The Morgan fingerprint density at radius 3 is 1.94 bits per heavy atom. The summed E-state index contributed by atoms with van der Waals surface area (Å²) in [6.07, 6.45) is 2.48. The predicted octanol–water partition coefficient (Wildman–Crippen LogP) is 7.11. The fourth-order valence-corrected chi connectivity index (χ4v) is 5.77. The van der Waals surface area contributed by atoms with E-state index in [2.05, 4.69) is 33.0 Å². The number of carbonyl (C=O) groups is 2. The van der Waals surface area contributed by atoms with Crippen molar-refractivity contribution in [2.24, 2.45) is 10.8 Å². The molecule has 0 fully saturated rings. The third-order valence-corrected chi connectivity index (χ3v) is 7.29. The number of hydrogen-bond acceptors (Lipinski definition) is 4. The molecule has 34 heavy (non-hydrogen) atoms. The highest BCUT2D eigenvalue weighted by molar-refractivity contribution is 6.32. The fraction of sp³-hybridized carbons (Fsp3) is 0.379. The molecule has 1 heterocycles. The molecule has 0 spiro atoms. The quantitative estimate of drug-likeness (QED) is 0.514. The molecule has 0 atom stereocenters. The number of nitrogens with one attached hydrogen (secondary N) is 1. The summed E-state index contributed by atoms with van der Waals surface area (Å²) in [7, 11) is 0. The zero-order valence-corrected chi connectivity index (χ0v) is 20.9. The first-order valence-electron chi connectivity index (χ1n) is 11.8. The van der Waals surface area contributed by atoms with Gasteiger partial charge < -0.3 is 10.1 Å². The summed E-state index contributed by atoms with van der Waals surface area (Å²) in [5.74, 6) is 0.994. The van der Waals surface area contributed by atoms with E-state index in [4.69, 9.17) is 16.3 Å².